The molecule has 2 amide bonds. The van der Waals surface area contributed by atoms with Gasteiger partial charge in [0.1, 0.15) is 11.4 Å². The number of benzene rings is 2. The Morgan fingerprint density at radius 1 is 1.18 bits per heavy atom. The summed E-state index contributed by atoms with van der Waals surface area (Å²) in [5.74, 6) is 1.10. The van der Waals surface area contributed by atoms with Gasteiger partial charge >= 0.3 is 0 Å². The van der Waals surface area contributed by atoms with Crippen molar-refractivity contribution in [2.24, 2.45) is 5.92 Å². The highest BCUT2D eigenvalue weighted by Crippen LogP contribution is 2.35. The average molecular weight is 512 g/mol. The standard InChI is InChI=1S/C30H33N5O3/c1-20(18-31)19-33-29-25-17-24(8-7-23(25)9-10-28(29)38-3)26-5-4-6-27(34-26)30(37)32-14-11-22-12-15-35(16-13-22)21(2)36/h4-10,17,22,33H,1,11-16,19H2,2-3H3,(H,32,37). The Kier molecular flexibility index (Phi) is 8.59. The Morgan fingerprint density at radius 2 is 1.95 bits per heavy atom. The van der Waals surface area contributed by atoms with Crippen LogP contribution in [0.3, 0.4) is 0 Å². The van der Waals surface area contributed by atoms with Crippen LogP contribution in [0, 0.1) is 17.2 Å². The van der Waals surface area contributed by atoms with Gasteiger partial charge in [0.2, 0.25) is 5.91 Å². The molecule has 1 aromatic heterocycles. The van der Waals surface area contributed by atoms with Gasteiger partial charge in [-0.3, -0.25) is 9.59 Å². The number of nitrogens with one attached hydrogen (secondary N) is 2. The number of methoxy groups -OCH3 is 1. The Labute approximate surface area is 223 Å². The van der Waals surface area contributed by atoms with Crippen molar-refractivity contribution in [3.63, 3.8) is 0 Å². The highest BCUT2D eigenvalue weighted by Gasteiger charge is 2.20. The molecule has 8 heteroatoms. The second-order valence-electron chi connectivity index (χ2n) is 9.55. The van der Waals surface area contributed by atoms with Crippen molar-refractivity contribution in [1.29, 1.82) is 5.26 Å². The number of nitriles is 1. The molecule has 2 heterocycles. The molecule has 0 bridgehead atoms. The Morgan fingerprint density at radius 3 is 2.66 bits per heavy atom. The predicted molar refractivity (Wildman–Crippen MR) is 149 cm³/mol. The second kappa shape index (κ2) is 12.2. The molecule has 4 rings (SSSR count). The highest BCUT2D eigenvalue weighted by atomic mass is 16.5. The lowest BCUT2D eigenvalue weighted by atomic mass is 9.93. The van der Waals surface area contributed by atoms with E-state index in [1.165, 1.54) is 0 Å². The van der Waals surface area contributed by atoms with E-state index in [9.17, 15) is 9.59 Å². The van der Waals surface area contributed by atoms with Crippen LogP contribution in [0.4, 0.5) is 5.69 Å². The minimum absolute atomic E-state index is 0.130. The molecule has 196 valence electrons. The first-order valence-corrected chi connectivity index (χ1v) is 12.8. The second-order valence-corrected chi connectivity index (χ2v) is 9.55. The van der Waals surface area contributed by atoms with Crippen LogP contribution in [0.5, 0.6) is 5.75 Å². The summed E-state index contributed by atoms with van der Waals surface area (Å²) in [6, 6.07) is 17.3. The maximum Gasteiger partial charge on any atom is 0.269 e. The first-order chi connectivity index (χ1) is 18.4. The zero-order valence-corrected chi connectivity index (χ0v) is 21.9. The predicted octanol–water partition coefficient (Wildman–Crippen LogP) is 4.78. The van der Waals surface area contributed by atoms with Crippen LogP contribution in [0.1, 0.15) is 36.7 Å². The number of piperidine rings is 1. The summed E-state index contributed by atoms with van der Waals surface area (Å²) in [5.41, 5.74) is 3.10. The van der Waals surface area contributed by atoms with E-state index in [-0.39, 0.29) is 11.8 Å². The molecule has 2 aromatic carbocycles. The fourth-order valence-electron chi connectivity index (χ4n) is 4.78. The Bertz CT molecular complexity index is 1390. The topological polar surface area (TPSA) is 107 Å². The third-order valence-electron chi connectivity index (χ3n) is 7.02. The molecule has 0 atom stereocenters. The molecule has 1 aliphatic heterocycles. The van der Waals surface area contributed by atoms with Crippen molar-refractivity contribution in [3.8, 4) is 23.1 Å². The molecule has 0 aliphatic carbocycles. The van der Waals surface area contributed by atoms with Crippen LogP contribution in [0.15, 0.2) is 60.7 Å². The molecule has 38 heavy (non-hydrogen) atoms. The van der Waals surface area contributed by atoms with Gasteiger partial charge in [-0.05, 0) is 54.8 Å². The zero-order valence-electron chi connectivity index (χ0n) is 21.9. The van der Waals surface area contributed by atoms with E-state index in [2.05, 4.69) is 28.3 Å². The number of nitrogens with zero attached hydrogens (tertiary/aromatic N) is 3. The van der Waals surface area contributed by atoms with Crippen LogP contribution in [0.25, 0.3) is 22.0 Å². The summed E-state index contributed by atoms with van der Waals surface area (Å²) in [7, 11) is 1.61. The molecular formula is C30H33N5O3. The van der Waals surface area contributed by atoms with Crippen molar-refractivity contribution in [1.82, 2.24) is 15.2 Å². The van der Waals surface area contributed by atoms with Crippen LogP contribution in [0.2, 0.25) is 0 Å². The van der Waals surface area contributed by atoms with Gasteiger partial charge in [-0.15, -0.1) is 0 Å². The van der Waals surface area contributed by atoms with E-state index in [0.717, 1.165) is 54.4 Å². The number of hydrogen-bond donors (Lipinski definition) is 2. The lowest BCUT2D eigenvalue weighted by Crippen LogP contribution is -2.38. The van der Waals surface area contributed by atoms with Gasteiger partial charge in [0.05, 0.1) is 24.6 Å². The van der Waals surface area contributed by atoms with Crippen molar-refractivity contribution in [2.45, 2.75) is 26.2 Å². The van der Waals surface area contributed by atoms with Crippen LogP contribution in [-0.2, 0) is 4.79 Å². The van der Waals surface area contributed by atoms with Gasteiger partial charge in [-0.2, -0.15) is 5.26 Å². The van der Waals surface area contributed by atoms with Crippen LogP contribution >= 0.6 is 0 Å². The van der Waals surface area contributed by atoms with Crippen molar-refractivity contribution < 1.29 is 14.3 Å². The molecule has 0 unspecified atom stereocenters. The summed E-state index contributed by atoms with van der Waals surface area (Å²) < 4.78 is 5.55. The first kappa shape index (κ1) is 26.7. The smallest absolute Gasteiger partial charge is 0.269 e. The van der Waals surface area contributed by atoms with Gasteiger partial charge in [0, 0.05) is 49.6 Å². The number of anilines is 1. The van der Waals surface area contributed by atoms with E-state index in [0.29, 0.717) is 41.7 Å². The lowest BCUT2D eigenvalue weighted by molar-refractivity contribution is -0.130. The number of amides is 2. The Hall–Kier alpha value is -4.38. The monoisotopic (exact) mass is 511 g/mol. The van der Waals surface area contributed by atoms with Gasteiger partial charge in [-0.1, -0.05) is 30.8 Å². The van der Waals surface area contributed by atoms with Gasteiger partial charge < -0.3 is 20.3 Å². The number of carbonyl (C=O) groups is 2. The van der Waals surface area contributed by atoms with Gasteiger partial charge in [0.25, 0.3) is 5.91 Å². The van der Waals surface area contributed by atoms with Crippen molar-refractivity contribution in [2.75, 3.05) is 38.6 Å². The number of likely N-dealkylation sites (tertiary alicyclic amines) is 1. The molecule has 3 aromatic rings. The number of carbonyl (C=O) groups excluding carboxylic acids is 2. The highest BCUT2D eigenvalue weighted by molar-refractivity contribution is 5.99. The molecule has 8 nitrogen and oxygen atoms in total. The molecular weight excluding hydrogens is 478 g/mol. The molecule has 1 saturated heterocycles. The molecule has 0 spiro atoms. The third-order valence-corrected chi connectivity index (χ3v) is 7.02. The Balaban J connectivity index is 1.47. The minimum Gasteiger partial charge on any atom is -0.495 e. The van der Waals surface area contributed by atoms with Crippen LogP contribution < -0.4 is 15.4 Å². The van der Waals surface area contributed by atoms with Gasteiger partial charge in [0.15, 0.2) is 0 Å². The minimum atomic E-state index is -0.201. The number of rotatable bonds is 9. The van der Waals surface area contributed by atoms with Crippen LogP contribution in [-0.4, -0.2) is 55.0 Å². The number of pyridine rings is 1. The van der Waals surface area contributed by atoms with E-state index >= 15 is 0 Å². The maximum absolute atomic E-state index is 12.9. The summed E-state index contributed by atoms with van der Waals surface area (Å²) in [6.07, 6.45) is 2.83. The quantitative estimate of drug-likeness (QED) is 0.401. The van der Waals surface area contributed by atoms with E-state index in [1.54, 1.807) is 20.1 Å². The SMILES string of the molecule is C=C(C#N)CNc1c(OC)ccc2ccc(-c3cccc(C(=O)NCCC4CCN(C(C)=O)CC4)n3)cc12. The summed E-state index contributed by atoms with van der Waals surface area (Å²) in [5, 5.41) is 17.3. The summed E-state index contributed by atoms with van der Waals surface area (Å²) in [4.78, 5) is 30.9. The lowest BCUT2D eigenvalue weighted by Gasteiger charge is -2.31. The number of aromatic nitrogens is 1. The molecule has 1 aliphatic rings. The van der Waals surface area contributed by atoms with Crippen molar-refractivity contribution in [3.05, 3.63) is 66.4 Å². The molecule has 0 saturated carbocycles. The number of ether oxygens (including phenoxy) is 1. The van der Waals surface area contributed by atoms with E-state index < -0.39 is 0 Å². The zero-order chi connectivity index (χ0) is 27.1. The van der Waals surface area contributed by atoms with E-state index in [4.69, 9.17) is 10.00 Å². The normalized spacial score (nSPS) is 13.6. The average Bonchev–Trinajstić information content (AvgIpc) is 2.95. The number of fused-ring (bicyclic) bond motifs is 1. The van der Waals surface area contributed by atoms with E-state index in [1.807, 2.05) is 47.4 Å². The molecule has 0 radical (unpaired) electrons. The molecule has 2 N–H and O–H groups in total. The van der Waals surface area contributed by atoms with Crippen molar-refractivity contribution >= 4 is 28.3 Å². The number of hydrogen-bond acceptors (Lipinski definition) is 6. The summed E-state index contributed by atoms with van der Waals surface area (Å²) >= 11 is 0. The van der Waals surface area contributed by atoms with Gasteiger partial charge in [-0.25, -0.2) is 4.98 Å². The fraction of sp³-hybridized carbons (Fsp3) is 0.333. The fourth-order valence-corrected chi connectivity index (χ4v) is 4.78. The first-order valence-electron chi connectivity index (χ1n) is 12.8. The third kappa shape index (κ3) is 6.30. The molecule has 1 fully saturated rings. The largest absolute Gasteiger partial charge is 0.495 e. The maximum atomic E-state index is 12.9. The summed E-state index contributed by atoms with van der Waals surface area (Å²) in [6.45, 7) is 7.82.